The van der Waals surface area contributed by atoms with Crippen molar-refractivity contribution in [2.24, 2.45) is 11.7 Å². The zero-order valence-corrected chi connectivity index (χ0v) is 35.4. The number of nitrogens with one attached hydrogen (secondary N) is 2. The van der Waals surface area contributed by atoms with Crippen LogP contribution in [0.3, 0.4) is 0 Å². The zero-order chi connectivity index (χ0) is 39.2. The van der Waals surface area contributed by atoms with Crippen LogP contribution in [0.2, 0.25) is 0 Å². The molecular weight excluding hydrogens is 833 g/mol. The van der Waals surface area contributed by atoms with Gasteiger partial charge in [0.05, 0.1) is 15.8 Å². The summed E-state index contributed by atoms with van der Waals surface area (Å²) in [7, 11) is -1.75. The van der Waals surface area contributed by atoms with Crippen molar-refractivity contribution in [3.8, 4) is 0 Å². The number of rotatable bonds is 8. The number of hydrogen-bond acceptors (Lipinski definition) is 4. The summed E-state index contributed by atoms with van der Waals surface area (Å²) in [6.07, 6.45) is 7.05. The Labute approximate surface area is 354 Å². The first-order chi connectivity index (χ1) is 27.5. The van der Waals surface area contributed by atoms with Gasteiger partial charge in [-0.15, -0.1) is 13.1 Å². The maximum absolute atomic E-state index is 10.5. The molecule has 0 bridgehead atoms. The first kappa shape index (κ1) is 44.7. The molecule has 57 heavy (non-hydrogen) atoms. The summed E-state index contributed by atoms with van der Waals surface area (Å²) < 4.78 is 0. The van der Waals surface area contributed by atoms with Crippen LogP contribution in [0.1, 0.15) is 12.8 Å². The number of hydrogen-bond donors (Lipinski definition) is 3. The number of nitrogens with zero attached hydrogens (tertiary/aromatic N) is 1. The molecule has 2 aliphatic rings. The average Bonchev–Trinajstić information content (AvgIpc) is 3.27. The van der Waals surface area contributed by atoms with E-state index in [4.69, 9.17) is 11.1 Å². The van der Waals surface area contributed by atoms with Crippen molar-refractivity contribution in [3.05, 3.63) is 211 Å². The minimum Gasteiger partial charge on any atom is -0.859 e. The van der Waals surface area contributed by atoms with Gasteiger partial charge in [-0.1, -0.05) is 122 Å². The standard InChI is InChI=1S/2C18H15P.C6H11N2O.C6H8N2O.Pd/c2*1-4-10-16(11-5-1)19(17-12-6-2-7-13-17)18-14-8-3-9-15-18;2*7-6(9)5-2-1-3-8-4-5;/h2*1-15H;5H,1-4H2,(H2,7,9);1-3,8H,4H2,(H2,7,9);/q;;-1;;+2/p+1. The molecule has 0 aromatic heterocycles. The largest absolute Gasteiger partial charge is 2.00 e. The second-order valence-corrected chi connectivity index (χ2v) is 18.0. The number of carbonyl (C=O) groups excluding carboxylic acids is 1. The molecule has 2 heterocycles. The van der Waals surface area contributed by atoms with Crippen molar-refractivity contribution in [2.75, 3.05) is 19.6 Å². The molecule has 8 rings (SSSR count). The minimum atomic E-state index is -0.877. The maximum atomic E-state index is 10.5. The molecule has 4 N–H and O–H groups in total. The summed E-state index contributed by atoms with van der Waals surface area (Å²) in [4.78, 5) is 10.5. The SMILES string of the molecule is N=C([O-])C1=CC=CNC1.NC(=O)C1CCC[N-]C1.[Pd+2].c1ccc([PH+](c2ccccc2)c2ccccc2)cc1.c1ccc([PH+](c2ccccc2)c2ccccc2)cc1. The van der Waals surface area contributed by atoms with Crippen molar-refractivity contribution >= 4 is 59.5 Å². The average molecular weight is 883 g/mol. The van der Waals surface area contributed by atoms with Crippen molar-refractivity contribution in [3.63, 3.8) is 0 Å². The summed E-state index contributed by atoms with van der Waals surface area (Å²) in [5, 5.41) is 32.5. The van der Waals surface area contributed by atoms with Crippen LogP contribution in [0, 0.1) is 11.3 Å². The van der Waals surface area contributed by atoms with E-state index in [-0.39, 0.29) is 32.2 Å². The molecule has 1 atom stereocenters. The molecule has 9 heteroatoms. The van der Waals surface area contributed by atoms with E-state index < -0.39 is 21.7 Å². The first-order valence-electron chi connectivity index (χ1n) is 18.8. The summed E-state index contributed by atoms with van der Waals surface area (Å²) in [5.41, 5.74) is 5.58. The minimum absolute atomic E-state index is 0. The van der Waals surface area contributed by atoms with Crippen LogP contribution in [0.15, 0.2) is 206 Å². The molecular formula is C48H50N4O2P2Pd+2. The number of primary amides is 1. The van der Waals surface area contributed by atoms with Crippen molar-refractivity contribution in [2.45, 2.75) is 12.8 Å². The maximum Gasteiger partial charge on any atom is 2.00 e. The van der Waals surface area contributed by atoms with E-state index in [2.05, 4.69) is 193 Å². The first-order valence-corrected chi connectivity index (χ1v) is 21.8. The number of piperidine rings is 1. The van der Waals surface area contributed by atoms with Crippen LogP contribution >= 0.6 is 15.8 Å². The smallest absolute Gasteiger partial charge is 0.859 e. The van der Waals surface area contributed by atoms with E-state index >= 15 is 0 Å². The van der Waals surface area contributed by atoms with E-state index in [0.29, 0.717) is 18.7 Å². The van der Waals surface area contributed by atoms with Crippen LogP contribution < -0.4 is 48.0 Å². The molecule has 0 saturated carbocycles. The van der Waals surface area contributed by atoms with Crippen LogP contribution in [-0.4, -0.2) is 31.4 Å². The van der Waals surface area contributed by atoms with Crippen LogP contribution in [0.5, 0.6) is 0 Å². The summed E-state index contributed by atoms with van der Waals surface area (Å²) >= 11 is 0. The van der Waals surface area contributed by atoms with E-state index in [1.54, 1.807) is 18.4 Å². The van der Waals surface area contributed by atoms with Crippen LogP contribution in [-0.2, 0) is 25.2 Å². The Hall–Kier alpha value is -4.98. The molecule has 292 valence electrons. The Morgan fingerprint density at radius 1 is 0.614 bits per heavy atom. The Morgan fingerprint density at radius 2 is 0.947 bits per heavy atom. The second-order valence-electron chi connectivity index (χ2n) is 13.1. The number of dihydropyridines is 1. The third kappa shape index (κ3) is 14.8. The summed E-state index contributed by atoms with van der Waals surface area (Å²) in [6.45, 7) is 2.04. The van der Waals surface area contributed by atoms with Gasteiger partial charge in [-0.2, -0.15) is 0 Å². The molecule has 1 saturated heterocycles. The fraction of sp³-hybridized carbons (Fsp3) is 0.125. The van der Waals surface area contributed by atoms with Gasteiger partial charge in [0.2, 0.25) is 5.91 Å². The Balaban J connectivity index is 0.000000178. The quantitative estimate of drug-likeness (QED) is 0.0758. The van der Waals surface area contributed by atoms with Gasteiger partial charge in [-0.05, 0) is 103 Å². The van der Waals surface area contributed by atoms with Gasteiger partial charge in [-0.25, -0.2) is 0 Å². The molecule has 0 spiro atoms. The van der Waals surface area contributed by atoms with Gasteiger partial charge >= 0.3 is 20.4 Å². The Kier molecular flexibility index (Phi) is 19.9. The number of amides is 1. The van der Waals surface area contributed by atoms with Gasteiger partial charge < -0.3 is 26.9 Å². The van der Waals surface area contributed by atoms with Crippen molar-refractivity contribution < 1.29 is 30.3 Å². The number of nitrogens with two attached hydrogens (primary N) is 1. The van der Waals surface area contributed by atoms with Gasteiger partial charge in [0, 0.05) is 12.5 Å². The molecule has 0 aliphatic carbocycles. The molecule has 2 aliphatic heterocycles. The zero-order valence-electron chi connectivity index (χ0n) is 31.8. The predicted molar refractivity (Wildman–Crippen MR) is 241 cm³/mol. The van der Waals surface area contributed by atoms with E-state index in [1.165, 1.54) is 31.8 Å². The number of allylic oxidation sites excluding steroid dienone is 2. The van der Waals surface area contributed by atoms with Crippen LogP contribution in [0.4, 0.5) is 0 Å². The van der Waals surface area contributed by atoms with Crippen molar-refractivity contribution in [1.29, 1.82) is 5.41 Å². The molecule has 1 amide bonds. The fourth-order valence-electron chi connectivity index (χ4n) is 6.27. The molecule has 6 aromatic carbocycles. The normalized spacial score (nSPS) is 14.0. The van der Waals surface area contributed by atoms with Gasteiger partial charge in [0.1, 0.15) is 31.8 Å². The third-order valence-corrected chi connectivity index (χ3v) is 14.6. The molecule has 1 unspecified atom stereocenters. The monoisotopic (exact) mass is 882 g/mol. The summed E-state index contributed by atoms with van der Waals surface area (Å²) in [6, 6.07) is 65.0. The number of benzene rings is 6. The molecule has 6 aromatic rings. The van der Waals surface area contributed by atoms with E-state index in [9.17, 15) is 9.90 Å². The Bertz CT molecular complexity index is 1780. The topological polar surface area (TPSA) is 116 Å². The Morgan fingerprint density at radius 3 is 1.14 bits per heavy atom. The van der Waals surface area contributed by atoms with E-state index in [1.807, 2.05) is 0 Å². The molecule has 0 radical (unpaired) electrons. The fourth-order valence-corrected chi connectivity index (χ4v) is 11.4. The molecule has 1 fully saturated rings. The van der Waals surface area contributed by atoms with Gasteiger partial charge in [-0.3, -0.25) is 4.79 Å². The number of carbonyl (C=O) groups is 1. The molecule has 6 nitrogen and oxygen atoms in total. The van der Waals surface area contributed by atoms with Gasteiger partial charge in [0.15, 0.2) is 0 Å². The van der Waals surface area contributed by atoms with E-state index in [0.717, 1.165) is 19.4 Å². The summed E-state index contributed by atoms with van der Waals surface area (Å²) in [5.74, 6) is -0.774. The van der Waals surface area contributed by atoms with Crippen molar-refractivity contribution in [1.82, 2.24) is 5.32 Å². The third-order valence-electron chi connectivity index (χ3n) is 9.09. The van der Waals surface area contributed by atoms with Gasteiger partial charge in [0.25, 0.3) is 0 Å². The predicted octanol–water partition coefficient (Wildman–Crippen LogP) is 5.97. The second kappa shape index (κ2) is 25.3. The van der Waals surface area contributed by atoms with Crippen LogP contribution in [0.25, 0.3) is 5.32 Å².